The van der Waals surface area contributed by atoms with Gasteiger partial charge in [-0.25, -0.2) is 4.98 Å². The van der Waals surface area contributed by atoms with Crippen LogP contribution in [0.5, 0.6) is 5.75 Å². The summed E-state index contributed by atoms with van der Waals surface area (Å²) in [4.78, 5) is 32.6. The highest BCUT2D eigenvalue weighted by atomic mass is 32.2. The molecule has 0 bridgehead atoms. The zero-order valence-corrected chi connectivity index (χ0v) is 18.6. The van der Waals surface area contributed by atoms with Gasteiger partial charge in [-0.1, -0.05) is 36.0 Å². The van der Waals surface area contributed by atoms with Gasteiger partial charge in [0.2, 0.25) is 5.91 Å². The summed E-state index contributed by atoms with van der Waals surface area (Å²) in [6, 6.07) is 7.26. The Hall–Kier alpha value is -2.58. The minimum Gasteiger partial charge on any atom is -0.495 e. The van der Waals surface area contributed by atoms with Gasteiger partial charge in [-0.05, 0) is 43.9 Å². The van der Waals surface area contributed by atoms with E-state index in [0.29, 0.717) is 23.1 Å². The largest absolute Gasteiger partial charge is 0.495 e. The third-order valence-electron chi connectivity index (χ3n) is 4.93. The molecule has 1 amide bonds. The number of amides is 1. The highest BCUT2D eigenvalue weighted by Gasteiger charge is 2.23. The molecule has 30 heavy (non-hydrogen) atoms. The lowest BCUT2D eigenvalue weighted by Gasteiger charge is -2.13. The van der Waals surface area contributed by atoms with E-state index in [4.69, 9.17) is 9.72 Å². The molecule has 2 aromatic heterocycles. The minimum atomic E-state index is -0.186. The second-order valence-corrected chi connectivity index (χ2v) is 9.34. The normalized spacial score (nSPS) is 12.7. The van der Waals surface area contributed by atoms with Crippen LogP contribution in [0.2, 0.25) is 0 Å². The molecule has 0 fully saturated rings. The van der Waals surface area contributed by atoms with Crippen LogP contribution in [0.1, 0.15) is 23.8 Å². The number of rotatable bonds is 7. The first-order valence-corrected chi connectivity index (χ1v) is 11.5. The number of nitrogens with one attached hydrogen (secondary N) is 1. The molecule has 2 heterocycles. The van der Waals surface area contributed by atoms with Crippen LogP contribution in [-0.2, 0) is 24.2 Å². The average molecular weight is 442 g/mol. The van der Waals surface area contributed by atoms with Crippen LogP contribution in [0, 0.1) is 0 Å². The van der Waals surface area contributed by atoms with Crippen LogP contribution < -0.4 is 15.6 Å². The summed E-state index contributed by atoms with van der Waals surface area (Å²) >= 11 is 2.87. The van der Waals surface area contributed by atoms with E-state index in [-0.39, 0.29) is 17.2 Å². The lowest BCUT2D eigenvalue weighted by Crippen LogP contribution is -2.24. The Labute approximate surface area is 183 Å². The Morgan fingerprint density at radius 3 is 2.93 bits per heavy atom. The van der Waals surface area contributed by atoms with E-state index in [0.717, 1.165) is 40.6 Å². The molecule has 1 aliphatic rings. The van der Waals surface area contributed by atoms with Crippen molar-refractivity contribution in [3.05, 3.63) is 57.2 Å². The van der Waals surface area contributed by atoms with Gasteiger partial charge in [-0.15, -0.1) is 11.3 Å². The number of para-hydroxylation sites is 2. The maximum atomic E-state index is 13.3. The highest BCUT2D eigenvalue weighted by molar-refractivity contribution is 7.99. The summed E-state index contributed by atoms with van der Waals surface area (Å²) in [7, 11) is 1.56. The Bertz CT molecular complexity index is 1200. The third kappa shape index (κ3) is 4.02. The maximum absolute atomic E-state index is 13.3. The lowest BCUT2D eigenvalue weighted by atomic mass is 10.2. The molecule has 0 saturated heterocycles. The van der Waals surface area contributed by atoms with E-state index in [1.807, 2.05) is 19.1 Å². The van der Waals surface area contributed by atoms with Crippen molar-refractivity contribution >= 4 is 44.9 Å². The lowest BCUT2D eigenvalue weighted by molar-refractivity contribution is -0.113. The van der Waals surface area contributed by atoms with Gasteiger partial charge in [-0.2, -0.15) is 0 Å². The van der Waals surface area contributed by atoms with Crippen LogP contribution in [0.15, 0.2) is 46.4 Å². The van der Waals surface area contributed by atoms with Crippen molar-refractivity contribution in [3.8, 4) is 5.75 Å². The molecule has 1 aromatic carbocycles. The zero-order valence-electron chi connectivity index (χ0n) is 17.0. The monoisotopic (exact) mass is 441 g/mol. The second kappa shape index (κ2) is 8.65. The molecular formula is C22H23N3O3S2. The Balaban J connectivity index is 1.61. The molecule has 0 atom stereocenters. The number of hydrogen-bond donors (Lipinski definition) is 1. The number of nitrogens with zero attached hydrogens (tertiary/aromatic N) is 2. The van der Waals surface area contributed by atoms with Gasteiger partial charge < -0.3 is 10.1 Å². The Kier molecular flexibility index (Phi) is 5.97. The number of carbonyl (C=O) groups is 1. The molecule has 1 N–H and O–H groups in total. The van der Waals surface area contributed by atoms with Gasteiger partial charge in [0.05, 0.1) is 23.9 Å². The number of ether oxygens (including phenoxy) is 1. The number of anilines is 1. The summed E-state index contributed by atoms with van der Waals surface area (Å²) in [5.74, 6) is 0.550. The van der Waals surface area contributed by atoms with Gasteiger partial charge in [0.1, 0.15) is 10.6 Å². The molecule has 3 aromatic rings. The Morgan fingerprint density at radius 1 is 1.37 bits per heavy atom. The second-order valence-electron chi connectivity index (χ2n) is 7.32. The number of methoxy groups -OCH3 is 1. The van der Waals surface area contributed by atoms with Crippen LogP contribution in [0.3, 0.4) is 0 Å². The van der Waals surface area contributed by atoms with E-state index in [1.54, 1.807) is 35.1 Å². The summed E-state index contributed by atoms with van der Waals surface area (Å²) < 4.78 is 6.93. The predicted molar refractivity (Wildman–Crippen MR) is 123 cm³/mol. The molecule has 0 aliphatic heterocycles. The predicted octanol–water partition coefficient (Wildman–Crippen LogP) is 4.26. The van der Waals surface area contributed by atoms with Crippen molar-refractivity contribution < 1.29 is 9.53 Å². The number of carbonyl (C=O) groups excluding carboxylic acids is 1. The summed E-state index contributed by atoms with van der Waals surface area (Å²) in [6.45, 7) is 6.23. The first-order chi connectivity index (χ1) is 14.5. The van der Waals surface area contributed by atoms with E-state index < -0.39 is 0 Å². The van der Waals surface area contributed by atoms with Gasteiger partial charge >= 0.3 is 0 Å². The SMILES string of the molecule is C=C(C)Cn1c(SCC(=O)Nc2ccccc2OC)nc2sc3c(c2c1=O)CCC3. The first kappa shape index (κ1) is 20.7. The van der Waals surface area contributed by atoms with Crippen LogP contribution in [-0.4, -0.2) is 28.3 Å². The fourth-order valence-electron chi connectivity index (χ4n) is 3.64. The van der Waals surface area contributed by atoms with Gasteiger partial charge in [0.25, 0.3) is 5.56 Å². The smallest absolute Gasteiger partial charge is 0.263 e. The maximum Gasteiger partial charge on any atom is 0.263 e. The Morgan fingerprint density at radius 2 is 2.17 bits per heavy atom. The van der Waals surface area contributed by atoms with Crippen molar-refractivity contribution in [1.82, 2.24) is 9.55 Å². The van der Waals surface area contributed by atoms with Crippen molar-refractivity contribution in [2.75, 3.05) is 18.2 Å². The van der Waals surface area contributed by atoms with E-state index in [2.05, 4.69) is 11.9 Å². The van der Waals surface area contributed by atoms with Crippen molar-refractivity contribution in [2.24, 2.45) is 0 Å². The highest BCUT2D eigenvalue weighted by Crippen LogP contribution is 2.35. The van der Waals surface area contributed by atoms with Crippen molar-refractivity contribution in [2.45, 2.75) is 37.9 Å². The molecule has 0 radical (unpaired) electrons. The van der Waals surface area contributed by atoms with E-state index in [1.165, 1.54) is 16.6 Å². The summed E-state index contributed by atoms with van der Waals surface area (Å²) in [5.41, 5.74) is 2.61. The standard InChI is InChI=1S/C22H23N3O3S2/c1-13(2)11-25-21(27)19-14-7-6-10-17(14)30-20(19)24-22(25)29-12-18(26)23-15-8-4-5-9-16(15)28-3/h4-5,8-9H,1,6-7,10-12H2,2-3H3,(H,23,26). The molecule has 0 saturated carbocycles. The van der Waals surface area contributed by atoms with Gasteiger partial charge in [0, 0.05) is 11.4 Å². The van der Waals surface area contributed by atoms with Crippen LogP contribution in [0.25, 0.3) is 10.2 Å². The molecular weight excluding hydrogens is 418 g/mol. The molecule has 0 unspecified atom stereocenters. The number of thiophene rings is 1. The van der Waals surface area contributed by atoms with Crippen LogP contribution in [0.4, 0.5) is 5.69 Å². The molecule has 1 aliphatic carbocycles. The summed E-state index contributed by atoms with van der Waals surface area (Å²) in [6.07, 6.45) is 3.05. The number of aryl methyl sites for hydroxylation is 2. The summed E-state index contributed by atoms with van der Waals surface area (Å²) in [5, 5.41) is 4.15. The van der Waals surface area contributed by atoms with Crippen LogP contribution >= 0.6 is 23.1 Å². The third-order valence-corrected chi connectivity index (χ3v) is 7.09. The van der Waals surface area contributed by atoms with Gasteiger partial charge in [-0.3, -0.25) is 14.2 Å². The zero-order chi connectivity index (χ0) is 21.3. The first-order valence-electron chi connectivity index (χ1n) is 9.73. The molecule has 6 nitrogen and oxygen atoms in total. The van der Waals surface area contributed by atoms with Crippen molar-refractivity contribution in [1.29, 1.82) is 0 Å². The van der Waals surface area contributed by atoms with Crippen molar-refractivity contribution in [3.63, 3.8) is 0 Å². The molecule has 4 rings (SSSR count). The number of allylic oxidation sites excluding steroid dienone is 1. The molecule has 8 heteroatoms. The molecule has 0 spiro atoms. The topological polar surface area (TPSA) is 73.2 Å². The number of hydrogen-bond acceptors (Lipinski definition) is 6. The van der Waals surface area contributed by atoms with E-state index >= 15 is 0 Å². The van der Waals surface area contributed by atoms with E-state index in [9.17, 15) is 9.59 Å². The number of benzene rings is 1. The number of aromatic nitrogens is 2. The fourth-order valence-corrected chi connectivity index (χ4v) is 5.74. The fraction of sp³-hybridized carbons (Fsp3) is 0.318. The number of thioether (sulfide) groups is 1. The van der Waals surface area contributed by atoms with Gasteiger partial charge in [0.15, 0.2) is 5.16 Å². The number of fused-ring (bicyclic) bond motifs is 3. The average Bonchev–Trinajstić information content (AvgIpc) is 3.30. The quantitative estimate of drug-likeness (QED) is 0.337. The molecule has 156 valence electrons. The minimum absolute atomic E-state index is 0.0324.